The molecule has 0 radical (unpaired) electrons. The second-order valence-corrected chi connectivity index (χ2v) is 5.65. The van der Waals surface area contributed by atoms with E-state index in [-0.39, 0.29) is 11.8 Å². The topological polar surface area (TPSA) is 63.4 Å². The minimum atomic E-state index is -0.439. The van der Waals surface area contributed by atoms with Crippen molar-refractivity contribution in [1.29, 1.82) is 0 Å². The summed E-state index contributed by atoms with van der Waals surface area (Å²) in [7, 11) is 1.82. The largest absolute Gasteiger partial charge is 0.366 e. The van der Waals surface area contributed by atoms with E-state index < -0.39 is 5.91 Å². The van der Waals surface area contributed by atoms with E-state index in [1.807, 2.05) is 13.1 Å². The maximum Gasteiger partial charge on any atom is 0.248 e. The van der Waals surface area contributed by atoms with Crippen LogP contribution in [0, 0.1) is 11.8 Å². The molecular weight excluding hydrogens is 252 g/mol. The molecule has 4 heteroatoms. The van der Waals surface area contributed by atoms with Gasteiger partial charge in [0.2, 0.25) is 11.8 Å². The van der Waals surface area contributed by atoms with Gasteiger partial charge in [-0.05, 0) is 36.5 Å². The van der Waals surface area contributed by atoms with E-state index in [4.69, 9.17) is 5.73 Å². The van der Waals surface area contributed by atoms with E-state index >= 15 is 0 Å². The number of amides is 2. The molecule has 108 valence electrons. The molecule has 2 N–H and O–H groups in total. The van der Waals surface area contributed by atoms with E-state index in [1.54, 1.807) is 23.1 Å². The first-order chi connectivity index (χ1) is 9.52. The maximum absolute atomic E-state index is 12.2. The van der Waals surface area contributed by atoms with Crippen LogP contribution in [0.1, 0.15) is 42.1 Å². The van der Waals surface area contributed by atoms with Gasteiger partial charge in [0.25, 0.3) is 0 Å². The molecule has 0 aromatic heterocycles. The van der Waals surface area contributed by atoms with Crippen molar-refractivity contribution in [1.82, 2.24) is 4.90 Å². The molecule has 0 bridgehead atoms. The van der Waals surface area contributed by atoms with Crippen molar-refractivity contribution >= 4 is 11.8 Å². The van der Waals surface area contributed by atoms with Gasteiger partial charge in [-0.2, -0.15) is 0 Å². The molecule has 0 heterocycles. The van der Waals surface area contributed by atoms with Gasteiger partial charge in [-0.25, -0.2) is 0 Å². The lowest BCUT2D eigenvalue weighted by molar-refractivity contribution is -0.132. The van der Waals surface area contributed by atoms with E-state index in [0.717, 1.165) is 24.8 Å². The first kappa shape index (κ1) is 14.6. The SMILES string of the molecule is CCC[C@H]1C[C@H]1C(=O)N(C)Cc1cccc(C(N)=O)c1. The normalized spacial score (nSPS) is 20.5. The fraction of sp³-hybridized carbons (Fsp3) is 0.500. The van der Waals surface area contributed by atoms with Crippen LogP contribution in [-0.4, -0.2) is 23.8 Å². The molecule has 20 heavy (non-hydrogen) atoms. The lowest BCUT2D eigenvalue weighted by atomic mass is 10.1. The number of hydrogen-bond donors (Lipinski definition) is 1. The molecular formula is C16H22N2O2. The molecule has 1 aromatic rings. The van der Waals surface area contributed by atoms with Crippen LogP contribution in [0.4, 0.5) is 0 Å². The third kappa shape index (κ3) is 3.38. The first-order valence-electron chi connectivity index (χ1n) is 7.16. The predicted molar refractivity (Wildman–Crippen MR) is 77.9 cm³/mol. The number of hydrogen-bond acceptors (Lipinski definition) is 2. The Morgan fingerprint density at radius 1 is 1.40 bits per heavy atom. The first-order valence-corrected chi connectivity index (χ1v) is 7.16. The minimum absolute atomic E-state index is 0.208. The Morgan fingerprint density at radius 3 is 2.80 bits per heavy atom. The second kappa shape index (κ2) is 6.07. The summed E-state index contributed by atoms with van der Waals surface area (Å²) in [4.78, 5) is 25.1. The van der Waals surface area contributed by atoms with Crippen LogP contribution in [0.5, 0.6) is 0 Å². The van der Waals surface area contributed by atoms with Crippen molar-refractivity contribution in [3.63, 3.8) is 0 Å². The van der Waals surface area contributed by atoms with Crippen LogP contribution in [0.2, 0.25) is 0 Å². The fourth-order valence-electron chi connectivity index (χ4n) is 2.70. The summed E-state index contributed by atoms with van der Waals surface area (Å²) in [6.45, 7) is 2.67. The van der Waals surface area contributed by atoms with Gasteiger partial charge in [0.1, 0.15) is 0 Å². The average Bonchev–Trinajstić information content (AvgIpc) is 3.18. The van der Waals surface area contributed by atoms with Crippen molar-refractivity contribution in [3.05, 3.63) is 35.4 Å². The van der Waals surface area contributed by atoms with Crippen molar-refractivity contribution in [2.75, 3.05) is 7.05 Å². The number of carbonyl (C=O) groups is 2. The molecule has 1 aromatic carbocycles. The van der Waals surface area contributed by atoms with Crippen molar-refractivity contribution in [3.8, 4) is 0 Å². The van der Waals surface area contributed by atoms with Crippen molar-refractivity contribution < 1.29 is 9.59 Å². The van der Waals surface area contributed by atoms with Gasteiger partial charge in [-0.3, -0.25) is 9.59 Å². The lowest BCUT2D eigenvalue weighted by Gasteiger charge is -2.17. The highest BCUT2D eigenvalue weighted by Crippen LogP contribution is 2.43. The van der Waals surface area contributed by atoms with Gasteiger partial charge in [-0.1, -0.05) is 25.5 Å². The Labute approximate surface area is 119 Å². The van der Waals surface area contributed by atoms with E-state index in [2.05, 4.69) is 6.92 Å². The molecule has 0 unspecified atom stereocenters. The van der Waals surface area contributed by atoms with E-state index in [1.165, 1.54) is 0 Å². The second-order valence-electron chi connectivity index (χ2n) is 5.65. The van der Waals surface area contributed by atoms with Gasteiger partial charge in [0, 0.05) is 25.1 Å². The number of nitrogens with zero attached hydrogens (tertiary/aromatic N) is 1. The Balaban J connectivity index is 1.94. The Morgan fingerprint density at radius 2 is 2.15 bits per heavy atom. The van der Waals surface area contributed by atoms with Gasteiger partial charge in [0.15, 0.2) is 0 Å². The highest BCUT2D eigenvalue weighted by molar-refractivity contribution is 5.92. The molecule has 1 aliphatic carbocycles. The molecule has 0 saturated heterocycles. The number of rotatable bonds is 6. The van der Waals surface area contributed by atoms with E-state index in [9.17, 15) is 9.59 Å². The molecule has 1 aliphatic rings. The van der Waals surface area contributed by atoms with Gasteiger partial charge < -0.3 is 10.6 Å². The van der Waals surface area contributed by atoms with E-state index in [0.29, 0.717) is 18.0 Å². The summed E-state index contributed by atoms with van der Waals surface area (Å²) < 4.78 is 0. The number of carbonyl (C=O) groups excluding carboxylic acids is 2. The van der Waals surface area contributed by atoms with Crippen LogP contribution in [0.3, 0.4) is 0 Å². The zero-order valence-electron chi connectivity index (χ0n) is 12.1. The molecule has 0 spiro atoms. The molecule has 2 atom stereocenters. The summed E-state index contributed by atoms with van der Waals surface area (Å²) in [5, 5.41) is 0. The highest BCUT2D eigenvalue weighted by Gasteiger charge is 2.43. The number of nitrogens with two attached hydrogens (primary N) is 1. The van der Waals surface area contributed by atoms with Crippen LogP contribution in [0.25, 0.3) is 0 Å². The molecule has 0 aliphatic heterocycles. The molecule has 2 amide bonds. The molecule has 2 rings (SSSR count). The van der Waals surface area contributed by atoms with Gasteiger partial charge in [0.05, 0.1) is 0 Å². The quantitative estimate of drug-likeness (QED) is 0.864. The summed E-state index contributed by atoms with van der Waals surface area (Å²) in [5.41, 5.74) is 6.68. The van der Waals surface area contributed by atoms with Crippen LogP contribution in [0.15, 0.2) is 24.3 Å². The summed E-state index contributed by atoms with van der Waals surface area (Å²) in [6.07, 6.45) is 3.30. The third-order valence-corrected chi connectivity index (χ3v) is 3.91. The molecule has 1 saturated carbocycles. The van der Waals surface area contributed by atoms with Crippen molar-refractivity contribution in [2.24, 2.45) is 17.6 Å². The van der Waals surface area contributed by atoms with Crippen LogP contribution < -0.4 is 5.73 Å². The summed E-state index contributed by atoms with van der Waals surface area (Å²) in [6, 6.07) is 7.14. The van der Waals surface area contributed by atoms with Crippen LogP contribution >= 0.6 is 0 Å². The standard InChI is InChI=1S/C16H22N2O2/c1-3-5-12-9-14(12)16(20)18(2)10-11-6-4-7-13(8-11)15(17)19/h4,6-8,12,14H,3,5,9-10H2,1-2H3,(H2,17,19)/t12-,14+/m0/s1. The zero-order valence-corrected chi connectivity index (χ0v) is 12.1. The monoisotopic (exact) mass is 274 g/mol. The predicted octanol–water partition coefficient (Wildman–Crippen LogP) is 2.18. The lowest BCUT2D eigenvalue weighted by Crippen LogP contribution is -2.28. The third-order valence-electron chi connectivity index (χ3n) is 3.91. The number of benzene rings is 1. The zero-order chi connectivity index (χ0) is 14.7. The summed E-state index contributed by atoms with van der Waals surface area (Å²) >= 11 is 0. The smallest absolute Gasteiger partial charge is 0.248 e. The van der Waals surface area contributed by atoms with Gasteiger partial charge >= 0.3 is 0 Å². The van der Waals surface area contributed by atoms with Crippen molar-refractivity contribution in [2.45, 2.75) is 32.7 Å². The molecule has 1 fully saturated rings. The highest BCUT2D eigenvalue weighted by atomic mass is 16.2. The fourth-order valence-corrected chi connectivity index (χ4v) is 2.70. The molecule has 4 nitrogen and oxygen atoms in total. The van der Waals surface area contributed by atoms with Crippen LogP contribution in [-0.2, 0) is 11.3 Å². The Kier molecular flexibility index (Phi) is 4.42. The number of primary amides is 1. The minimum Gasteiger partial charge on any atom is -0.366 e. The summed E-state index contributed by atoms with van der Waals surface area (Å²) in [5.74, 6) is 0.560. The average molecular weight is 274 g/mol. The Bertz CT molecular complexity index is 513. The maximum atomic E-state index is 12.2. The van der Waals surface area contributed by atoms with Gasteiger partial charge in [-0.15, -0.1) is 0 Å². The Hall–Kier alpha value is -1.84.